The summed E-state index contributed by atoms with van der Waals surface area (Å²) in [6, 6.07) is 13.4. The molecule has 0 radical (unpaired) electrons. The van der Waals surface area contributed by atoms with Gasteiger partial charge in [-0.25, -0.2) is 9.97 Å². The van der Waals surface area contributed by atoms with Crippen molar-refractivity contribution in [1.29, 1.82) is 0 Å². The van der Waals surface area contributed by atoms with Crippen molar-refractivity contribution < 1.29 is 18.0 Å². The summed E-state index contributed by atoms with van der Waals surface area (Å²) in [5.41, 5.74) is 7.43. The number of carbonyl (C=O) groups excluding carboxylic acids is 1. The Morgan fingerprint density at radius 1 is 1.12 bits per heavy atom. The first-order valence-electron chi connectivity index (χ1n) is 10.2. The highest BCUT2D eigenvalue weighted by atomic mass is 35.5. The number of nitrogens with two attached hydrogens (primary N) is 1. The summed E-state index contributed by atoms with van der Waals surface area (Å²) < 4.78 is 38.6. The zero-order valence-electron chi connectivity index (χ0n) is 17.9. The topological polar surface area (TPSA) is 93.8 Å². The zero-order chi connectivity index (χ0) is 24.5. The minimum Gasteiger partial charge on any atom is -0.366 e. The summed E-state index contributed by atoms with van der Waals surface area (Å²) in [7, 11) is 0. The van der Waals surface area contributed by atoms with Crippen LogP contribution >= 0.6 is 11.6 Å². The van der Waals surface area contributed by atoms with Gasteiger partial charge in [-0.05, 0) is 36.2 Å². The van der Waals surface area contributed by atoms with E-state index < -0.39 is 17.6 Å². The van der Waals surface area contributed by atoms with Gasteiger partial charge in [-0.3, -0.25) is 9.78 Å². The summed E-state index contributed by atoms with van der Waals surface area (Å²) >= 11 is 6.06. The molecule has 1 amide bonds. The first kappa shape index (κ1) is 23.4. The van der Waals surface area contributed by atoms with Gasteiger partial charge in [0.25, 0.3) is 5.91 Å². The lowest BCUT2D eigenvalue weighted by atomic mass is 10.0. The first-order chi connectivity index (χ1) is 16.1. The molecular weight excluding hydrogens is 467 g/mol. The van der Waals surface area contributed by atoms with E-state index in [1.165, 1.54) is 6.33 Å². The molecule has 2 aromatic carbocycles. The molecule has 6 nitrogen and oxygen atoms in total. The SMILES string of the molecule is C[C@@H](Nc1ncnc2c(C(N)=O)cccc12)c1cccc(Cc2ncc(C(F)(F)F)cc2Cl)c1. The Morgan fingerprint density at radius 3 is 2.59 bits per heavy atom. The molecule has 4 rings (SSSR count). The van der Waals surface area contributed by atoms with E-state index in [0.29, 0.717) is 28.0 Å². The quantitative estimate of drug-likeness (QED) is 0.373. The van der Waals surface area contributed by atoms with Crippen molar-refractivity contribution >= 4 is 34.2 Å². The average Bonchev–Trinajstić information content (AvgIpc) is 2.79. The number of fused-ring (bicyclic) bond motifs is 1. The highest BCUT2D eigenvalue weighted by Gasteiger charge is 2.31. The molecule has 3 N–H and O–H groups in total. The van der Waals surface area contributed by atoms with Crippen molar-refractivity contribution in [3.63, 3.8) is 0 Å². The number of alkyl halides is 3. The number of amides is 1. The molecule has 10 heteroatoms. The largest absolute Gasteiger partial charge is 0.417 e. The molecule has 2 heterocycles. The van der Waals surface area contributed by atoms with Crippen LogP contribution in [-0.2, 0) is 12.6 Å². The van der Waals surface area contributed by atoms with Crippen molar-refractivity contribution in [1.82, 2.24) is 15.0 Å². The van der Waals surface area contributed by atoms with Gasteiger partial charge < -0.3 is 11.1 Å². The fraction of sp³-hybridized carbons (Fsp3) is 0.167. The van der Waals surface area contributed by atoms with E-state index in [2.05, 4.69) is 20.3 Å². The second-order valence-electron chi connectivity index (χ2n) is 7.73. The van der Waals surface area contributed by atoms with Crippen LogP contribution < -0.4 is 11.1 Å². The van der Waals surface area contributed by atoms with Crippen LogP contribution in [0.25, 0.3) is 10.9 Å². The Hall–Kier alpha value is -3.72. The highest BCUT2D eigenvalue weighted by molar-refractivity contribution is 6.31. The number of rotatable bonds is 6. The van der Waals surface area contributed by atoms with E-state index in [1.54, 1.807) is 18.2 Å². The second-order valence-corrected chi connectivity index (χ2v) is 8.13. The molecule has 0 aliphatic rings. The summed E-state index contributed by atoms with van der Waals surface area (Å²) in [6.07, 6.45) is -2.08. The normalized spacial score (nSPS) is 12.5. The Morgan fingerprint density at radius 2 is 1.88 bits per heavy atom. The highest BCUT2D eigenvalue weighted by Crippen LogP contribution is 2.32. The van der Waals surface area contributed by atoms with Crippen molar-refractivity contribution in [2.24, 2.45) is 5.73 Å². The van der Waals surface area contributed by atoms with E-state index in [-0.39, 0.29) is 17.5 Å². The van der Waals surface area contributed by atoms with Gasteiger partial charge in [-0.15, -0.1) is 0 Å². The molecule has 0 saturated carbocycles. The van der Waals surface area contributed by atoms with Crippen molar-refractivity contribution in [2.75, 3.05) is 5.32 Å². The fourth-order valence-corrected chi connectivity index (χ4v) is 3.84. The number of aromatic nitrogens is 3. The number of anilines is 1. The van der Waals surface area contributed by atoms with Crippen LogP contribution in [0.3, 0.4) is 0 Å². The second kappa shape index (κ2) is 9.26. The molecular formula is C24H19ClF3N5O. The monoisotopic (exact) mass is 485 g/mol. The fourth-order valence-electron chi connectivity index (χ4n) is 3.61. The third-order valence-corrected chi connectivity index (χ3v) is 5.68. The predicted octanol–water partition coefficient (Wildman–Crippen LogP) is 5.56. The van der Waals surface area contributed by atoms with E-state index in [4.69, 9.17) is 17.3 Å². The number of hydrogen-bond acceptors (Lipinski definition) is 5. The number of benzene rings is 2. The maximum absolute atomic E-state index is 12.9. The Labute approximate surface area is 198 Å². The molecule has 34 heavy (non-hydrogen) atoms. The number of primary amides is 1. The van der Waals surface area contributed by atoms with Crippen LogP contribution in [0.4, 0.5) is 19.0 Å². The number of carbonyl (C=O) groups is 1. The van der Waals surface area contributed by atoms with Crippen LogP contribution in [0.5, 0.6) is 0 Å². The summed E-state index contributed by atoms with van der Waals surface area (Å²) in [5.74, 6) is -0.0370. The standard InChI is InChI=1S/C24H19ClF3N5O/c1-13(33-23-18-7-3-6-17(22(29)34)21(18)31-12-32-23)15-5-2-4-14(8-15)9-20-19(25)10-16(11-30-20)24(26,27)28/h2-8,10-13H,9H2,1H3,(H2,29,34)(H,31,32,33)/t13-/m1/s1. The number of hydrogen-bond donors (Lipinski definition) is 2. The van der Waals surface area contributed by atoms with Crippen LogP contribution in [0.1, 0.15) is 45.7 Å². The maximum Gasteiger partial charge on any atom is 0.417 e. The smallest absolute Gasteiger partial charge is 0.366 e. The van der Waals surface area contributed by atoms with Gasteiger partial charge in [-0.1, -0.05) is 41.9 Å². The molecule has 0 unspecified atom stereocenters. The molecule has 1 atom stereocenters. The summed E-state index contributed by atoms with van der Waals surface area (Å²) in [4.78, 5) is 24.1. The Balaban J connectivity index is 1.57. The van der Waals surface area contributed by atoms with Crippen LogP contribution in [0.15, 0.2) is 61.1 Å². The number of nitrogens with one attached hydrogen (secondary N) is 1. The van der Waals surface area contributed by atoms with Crippen molar-refractivity contribution in [2.45, 2.75) is 25.6 Å². The minimum atomic E-state index is -4.50. The molecule has 0 spiro atoms. The van der Waals surface area contributed by atoms with E-state index in [1.807, 2.05) is 31.2 Å². The molecule has 0 aliphatic heterocycles. The lowest BCUT2D eigenvalue weighted by Crippen LogP contribution is -2.13. The molecule has 2 aromatic heterocycles. The van der Waals surface area contributed by atoms with Gasteiger partial charge in [0.15, 0.2) is 0 Å². The van der Waals surface area contributed by atoms with Crippen molar-refractivity contribution in [3.8, 4) is 0 Å². The zero-order valence-corrected chi connectivity index (χ0v) is 18.7. The number of para-hydroxylation sites is 1. The molecule has 0 bridgehead atoms. The maximum atomic E-state index is 12.9. The van der Waals surface area contributed by atoms with Crippen LogP contribution in [0.2, 0.25) is 5.02 Å². The van der Waals surface area contributed by atoms with E-state index >= 15 is 0 Å². The van der Waals surface area contributed by atoms with Gasteiger partial charge in [0.05, 0.1) is 27.4 Å². The number of halogens is 4. The van der Waals surface area contributed by atoms with Crippen molar-refractivity contribution in [3.05, 3.63) is 94.0 Å². The average molecular weight is 486 g/mol. The van der Waals surface area contributed by atoms with Gasteiger partial charge in [0, 0.05) is 24.0 Å². The van der Waals surface area contributed by atoms with Gasteiger partial charge >= 0.3 is 6.18 Å². The minimum absolute atomic E-state index is 0.0379. The predicted molar refractivity (Wildman–Crippen MR) is 124 cm³/mol. The van der Waals surface area contributed by atoms with Gasteiger partial charge in [-0.2, -0.15) is 13.2 Å². The number of nitrogens with zero attached hydrogens (tertiary/aromatic N) is 3. The summed E-state index contributed by atoms with van der Waals surface area (Å²) in [5, 5.41) is 3.94. The summed E-state index contributed by atoms with van der Waals surface area (Å²) in [6.45, 7) is 1.94. The lowest BCUT2D eigenvalue weighted by Gasteiger charge is -2.17. The Bertz CT molecular complexity index is 1380. The molecule has 0 aliphatic carbocycles. The Kier molecular flexibility index (Phi) is 6.39. The molecule has 0 saturated heterocycles. The number of pyridine rings is 1. The molecule has 174 valence electrons. The third kappa shape index (κ3) is 4.94. The molecule has 0 fully saturated rings. The van der Waals surface area contributed by atoms with E-state index in [0.717, 1.165) is 23.4 Å². The van der Waals surface area contributed by atoms with Crippen LogP contribution in [0, 0.1) is 0 Å². The third-order valence-electron chi connectivity index (χ3n) is 5.35. The van der Waals surface area contributed by atoms with Crippen LogP contribution in [-0.4, -0.2) is 20.9 Å². The van der Waals surface area contributed by atoms with Gasteiger partial charge in [0.2, 0.25) is 0 Å². The van der Waals surface area contributed by atoms with Gasteiger partial charge in [0.1, 0.15) is 12.1 Å². The van der Waals surface area contributed by atoms with E-state index in [9.17, 15) is 18.0 Å². The first-order valence-corrected chi connectivity index (χ1v) is 10.6. The lowest BCUT2D eigenvalue weighted by molar-refractivity contribution is -0.137. The molecule has 4 aromatic rings.